The Bertz CT molecular complexity index is 315. The van der Waals surface area contributed by atoms with Gasteiger partial charge in [-0.25, -0.2) is 0 Å². The summed E-state index contributed by atoms with van der Waals surface area (Å²) in [6.45, 7) is 5.25. The Kier molecular flexibility index (Phi) is 5.88. The highest BCUT2D eigenvalue weighted by atomic mass is 32.2. The van der Waals surface area contributed by atoms with E-state index in [1.165, 1.54) is 10.5 Å². The summed E-state index contributed by atoms with van der Waals surface area (Å²) >= 11 is 1.76. The van der Waals surface area contributed by atoms with Crippen molar-refractivity contribution < 1.29 is 5.11 Å². The summed E-state index contributed by atoms with van der Waals surface area (Å²) in [5, 5.41) is 12.6. The third-order valence-corrected chi connectivity index (χ3v) is 3.59. The van der Waals surface area contributed by atoms with Crippen LogP contribution in [0.4, 0.5) is 0 Å². The predicted molar refractivity (Wildman–Crippen MR) is 70.8 cm³/mol. The zero-order chi connectivity index (χ0) is 12.0. The lowest BCUT2D eigenvalue weighted by Gasteiger charge is -2.20. The molecule has 0 aliphatic carbocycles. The predicted octanol–water partition coefficient (Wildman–Crippen LogP) is 2.52. The number of hydrogen-bond acceptors (Lipinski definition) is 3. The third kappa shape index (κ3) is 3.81. The quantitative estimate of drug-likeness (QED) is 0.748. The SMILES string of the molecule is CSc1ccccc1CN[C@H](CO)C(C)C. The molecule has 0 spiro atoms. The van der Waals surface area contributed by atoms with E-state index in [9.17, 15) is 5.11 Å². The monoisotopic (exact) mass is 239 g/mol. The number of benzene rings is 1. The van der Waals surface area contributed by atoms with Crippen LogP contribution < -0.4 is 5.32 Å². The highest BCUT2D eigenvalue weighted by molar-refractivity contribution is 7.98. The van der Waals surface area contributed by atoms with Gasteiger partial charge in [0.15, 0.2) is 0 Å². The van der Waals surface area contributed by atoms with Gasteiger partial charge in [0.1, 0.15) is 0 Å². The molecule has 90 valence electrons. The molecule has 2 N–H and O–H groups in total. The Morgan fingerprint density at radius 2 is 2.00 bits per heavy atom. The van der Waals surface area contributed by atoms with E-state index in [1.54, 1.807) is 11.8 Å². The molecule has 1 atom stereocenters. The van der Waals surface area contributed by atoms with Gasteiger partial charge in [-0.2, -0.15) is 0 Å². The topological polar surface area (TPSA) is 32.3 Å². The average molecular weight is 239 g/mol. The first-order valence-corrected chi connectivity index (χ1v) is 6.87. The molecule has 2 nitrogen and oxygen atoms in total. The van der Waals surface area contributed by atoms with E-state index in [1.807, 2.05) is 0 Å². The first-order chi connectivity index (χ1) is 7.69. The van der Waals surface area contributed by atoms with Crippen LogP contribution in [0.1, 0.15) is 19.4 Å². The van der Waals surface area contributed by atoms with Crippen molar-refractivity contribution in [2.24, 2.45) is 5.92 Å². The van der Waals surface area contributed by atoms with Crippen molar-refractivity contribution in [2.75, 3.05) is 12.9 Å². The van der Waals surface area contributed by atoms with Crippen molar-refractivity contribution in [3.8, 4) is 0 Å². The Hall–Kier alpha value is -0.510. The minimum atomic E-state index is 0.176. The van der Waals surface area contributed by atoms with Crippen molar-refractivity contribution >= 4 is 11.8 Å². The molecule has 1 aromatic rings. The minimum Gasteiger partial charge on any atom is -0.395 e. The van der Waals surface area contributed by atoms with Crippen molar-refractivity contribution in [3.05, 3.63) is 29.8 Å². The van der Waals surface area contributed by atoms with Crippen LogP contribution in [0, 0.1) is 5.92 Å². The van der Waals surface area contributed by atoms with Gasteiger partial charge in [-0.3, -0.25) is 0 Å². The first kappa shape index (κ1) is 13.6. The zero-order valence-electron chi connectivity index (χ0n) is 10.2. The van der Waals surface area contributed by atoms with Gasteiger partial charge in [-0.1, -0.05) is 32.0 Å². The minimum absolute atomic E-state index is 0.176. The maximum atomic E-state index is 9.23. The number of aliphatic hydroxyl groups is 1. The highest BCUT2D eigenvalue weighted by Crippen LogP contribution is 2.19. The summed E-state index contributed by atoms with van der Waals surface area (Å²) < 4.78 is 0. The Balaban J connectivity index is 2.59. The highest BCUT2D eigenvalue weighted by Gasteiger charge is 2.11. The molecule has 3 heteroatoms. The molecule has 0 aliphatic heterocycles. The van der Waals surface area contributed by atoms with E-state index in [0.717, 1.165) is 6.54 Å². The van der Waals surface area contributed by atoms with Crippen LogP contribution in [0.5, 0.6) is 0 Å². The van der Waals surface area contributed by atoms with Crippen LogP contribution in [-0.2, 0) is 6.54 Å². The normalized spacial score (nSPS) is 13.1. The number of aliphatic hydroxyl groups excluding tert-OH is 1. The molecule has 0 aromatic heterocycles. The van der Waals surface area contributed by atoms with Gasteiger partial charge in [0.25, 0.3) is 0 Å². The summed E-state index contributed by atoms with van der Waals surface area (Å²) in [7, 11) is 0. The molecule has 0 heterocycles. The fourth-order valence-corrected chi connectivity index (χ4v) is 2.22. The van der Waals surface area contributed by atoms with Crippen LogP contribution in [0.2, 0.25) is 0 Å². The summed E-state index contributed by atoms with van der Waals surface area (Å²) in [5.74, 6) is 0.450. The maximum Gasteiger partial charge on any atom is 0.0587 e. The van der Waals surface area contributed by atoms with Crippen molar-refractivity contribution in [2.45, 2.75) is 31.3 Å². The Morgan fingerprint density at radius 3 is 2.56 bits per heavy atom. The number of hydrogen-bond donors (Lipinski definition) is 2. The molecule has 0 unspecified atom stereocenters. The summed E-state index contributed by atoms with van der Waals surface area (Å²) in [5.41, 5.74) is 1.30. The summed E-state index contributed by atoms with van der Waals surface area (Å²) in [6.07, 6.45) is 2.09. The second kappa shape index (κ2) is 6.94. The lowest BCUT2D eigenvalue weighted by atomic mass is 10.1. The van der Waals surface area contributed by atoms with Crippen molar-refractivity contribution in [1.29, 1.82) is 0 Å². The van der Waals surface area contributed by atoms with Crippen LogP contribution in [0.25, 0.3) is 0 Å². The van der Waals surface area contributed by atoms with Crippen LogP contribution in [-0.4, -0.2) is 24.0 Å². The van der Waals surface area contributed by atoms with E-state index in [4.69, 9.17) is 0 Å². The largest absolute Gasteiger partial charge is 0.395 e. The third-order valence-electron chi connectivity index (χ3n) is 2.75. The molecule has 1 rings (SSSR count). The summed E-state index contributed by atoms with van der Waals surface area (Å²) in [6, 6.07) is 8.55. The molecule has 0 radical (unpaired) electrons. The lowest BCUT2D eigenvalue weighted by Crippen LogP contribution is -2.36. The van der Waals surface area contributed by atoms with E-state index in [2.05, 4.69) is 49.7 Å². The number of nitrogens with one attached hydrogen (secondary N) is 1. The van der Waals surface area contributed by atoms with E-state index in [-0.39, 0.29) is 12.6 Å². The Labute approximate surface area is 102 Å². The molecule has 0 saturated carbocycles. The standard InChI is InChI=1S/C13H21NOS/c1-10(2)12(9-15)14-8-11-6-4-5-7-13(11)16-3/h4-7,10,12,14-15H,8-9H2,1-3H3/t12-/m1/s1. The van der Waals surface area contributed by atoms with Crippen molar-refractivity contribution in [1.82, 2.24) is 5.32 Å². The first-order valence-electron chi connectivity index (χ1n) is 5.65. The van der Waals surface area contributed by atoms with Gasteiger partial charge in [-0.15, -0.1) is 11.8 Å². The molecule has 0 saturated heterocycles. The van der Waals surface area contributed by atoms with E-state index >= 15 is 0 Å². The Morgan fingerprint density at radius 1 is 1.31 bits per heavy atom. The molecule has 0 fully saturated rings. The molecule has 0 bridgehead atoms. The van der Waals surface area contributed by atoms with Crippen LogP contribution >= 0.6 is 11.8 Å². The molecular formula is C13H21NOS. The van der Waals surface area contributed by atoms with Gasteiger partial charge < -0.3 is 10.4 Å². The second-order valence-electron chi connectivity index (χ2n) is 4.23. The second-order valence-corrected chi connectivity index (χ2v) is 5.07. The maximum absolute atomic E-state index is 9.23. The summed E-state index contributed by atoms with van der Waals surface area (Å²) in [4.78, 5) is 1.30. The van der Waals surface area contributed by atoms with Crippen LogP contribution in [0.15, 0.2) is 29.2 Å². The molecule has 16 heavy (non-hydrogen) atoms. The molecular weight excluding hydrogens is 218 g/mol. The van der Waals surface area contributed by atoms with Crippen LogP contribution in [0.3, 0.4) is 0 Å². The van der Waals surface area contributed by atoms with E-state index in [0.29, 0.717) is 5.92 Å². The lowest BCUT2D eigenvalue weighted by molar-refractivity contribution is 0.210. The van der Waals surface area contributed by atoms with Crippen molar-refractivity contribution in [3.63, 3.8) is 0 Å². The van der Waals surface area contributed by atoms with Gasteiger partial charge in [0.05, 0.1) is 6.61 Å². The average Bonchev–Trinajstić information content (AvgIpc) is 2.30. The van der Waals surface area contributed by atoms with Gasteiger partial charge in [0, 0.05) is 17.5 Å². The fraction of sp³-hybridized carbons (Fsp3) is 0.538. The molecule has 0 amide bonds. The fourth-order valence-electron chi connectivity index (χ4n) is 1.60. The zero-order valence-corrected chi connectivity index (χ0v) is 11.1. The number of thioether (sulfide) groups is 1. The van der Waals surface area contributed by atoms with Gasteiger partial charge in [0.2, 0.25) is 0 Å². The van der Waals surface area contributed by atoms with E-state index < -0.39 is 0 Å². The molecule has 0 aliphatic rings. The number of rotatable bonds is 6. The molecule has 1 aromatic carbocycles. The van der Waals surface area contributed by atoms with Gasteiger partial charge >= 0.3 is 0 Å². The van der Waals surface area contributed by atoms with Gasteiger partial charge in [-0.05, 0) is 23.8 Å². The smallest absolute Gasteiger partial charge is 0.0587 e.